The van der Waals surface area contributed by atoms with Gasteiger partial charge in [0.1, 0.15) is 0 Å². The lowest BCUT2D eigenvalue weighted by molar-refractivity contribution is -0.139. The predicted molar refractivity (Wildman–Crippen MR) is 58.6 cm³/mol. The molecule has 0 spiro atoms. The van der Waals surface area contributed by atoms with Crippen LogP contribution in [0.3, 0.4) is 0 Å². The van der Waals surface area contributed by atoms with E-state index < -0.39 is 5.97 Å². The van der Waals surface area contributed by atoms with Gasteiger partial charge < -0.3 is 10.0 Å². The van der Waals surface area contributed by atoms with E-state index in [0.717, 1.165) is 13.1 Å². The molecule has 15 heavy (non-hydrogen) atoms. The van der Waals surface area contributed by atoms with Gasteiger partial charge in [-0.25, -0.2) is 0 Å². The Kier molecular flexibility index (Phi) is 2.53. The zero-order valence-electron chi connectivity index (χ0n) is 9.86. The van der Waals surface area contributed by atoms with Gasteiger partial charge in [0.2, 0.25) is 0 Å². The molecular formula is C12H21NO2. The molecule has 86 valence electrons. The van der Waals surface area contributed by atoms with Gasteiger partial charge in [0.05, 0.1) is 5.92 Å². The quantitative estimate of drug-likeness (QED) is 0.755. The van der Waals surface area contributed by atoms with Crippen LogP contribution in [0.1, 0.15) is 26.7 Å². The van der Waals surface area contributed by atoms with Crippen molar-refractivity contribution in [2.45, 2.75) is 26.7 Å². The molecule has 1 heterocycles. The molecule has 1 N–H and O–H groups in total. The Balaban J connectivity index is 1.98. The van der Waals surface area contributed by atoms with E-state index in [1.165, 1.54) is 12.8 Å². The van der Waals surface area contributed by atoms with E-state index in [4.69, 9.17) is 5.11 Å². The first-order valence-electron chi connectivity index (χ1n) is 5.86. The molecule has 2 unspecified atom stereocenters. The average molecular weight is 211 g/mol. The van der Waals surface area contributed by atoms with Crippen LogP contribution in [0.2, 0.25) is 0 Å². The summed E-state index contributed by atoms with van der Waals surface area (Å²) in [5, 5.41) is 9.13. The fraction of sp³-hybridized carbons (Fsp3) is 0.917. The van der Waals surface area contributed by atoms with Crippen molar-refractivity contribution in [1.29, 1.82) is 0 Å². The second kappa shape index (κ2) is 3.48. The molecule has 3 nitrogen and oxygen atoms in total. The highest BCUT2D eigenvalue weighted by Gasteiger charge is 2.64. The van der Waals surface area contributed by atoms with Crippen molar-refractivity contribution in [3.63, 3.8) is 0 Å². The molecule has 1 saturated carbocycles. The molecule has 0 aromatic carbocycles. The Morgan fingerprint density at radius 2 is 1.87 bits per heavy atom. The molecule has 1 saturated heterocycles. The van der Waals surface area contributed by atoms with Crippen molar-refractivity contribution in [3.8, 4) is 0 Å². The largest absolute Gasteiger partial charge is 0.481 e. The summed E-state index contributed by atoms with van der Waals surface area (Å²) < 4.78 is 0. The highest BCUT2D eigenvalue weighted by atomic mass is 16.4. The summed E-state index contributed by atoms with van der Waals surface area (Å²) in [6.45, 7) is 6.47. The molecule has 3 heteroatoms. The zero-order valence-corrected chi connectivity index (χ0v) is 9.86. The number of likely N-dealkylation sites (tertiary alicyclic amines) is 1. The van der Waals surface area contributed by atoms with Crippen molar-refractivity contribution in [2.75, 3.05) is 20.1 Å². The lowest BCUT2D eigenvalue weighted by atomic mass is 9.88. The summed E-state index contributed by atoms with van der Waals surface area (Å²) in [6.07, 6.45) is 2.35. The van der Waals surface area contributed by atoms with E-state index in [1.54, 1.807) is 0 Å². The van der Waals surface area contributed by atoms with Gasteiger partial charge in [0, 0.05) is 0 Å². The molecule has 2 fully saturated rings. The van der Waals surface area contributed by atoms with Crippen LogP contribution in [0.25, 0.3) is 0 Å². The fourth-order valence-electron chi connectivity index (χ4n) is 3.42. The molecule has 0 amide bonds. The first kappa shape index (κ1) is 10.9. The van der Waals surface area contributed by atoms with Gasteiger partial charge in [0.25, 0.3) is 0 Å². The number of nitrogens with zero attached hydrogens (tertiary/aromatic N) is 1. The van der Waals surface area contributed by atoms with E-state index in [-0.39, 0.29) is 11.3 Å². The number of carboxylic acids is 1. The lowest BCUT2D eigenvalue weighted by Crippen LogP contribution is -2.31. The SMILES string of the molecule is CN1CCC(C2C(C(=O)O)C2(C)C)CC1. The van der Waals surface area contributed by atoms with Gasteiger partial charge in [-0.1, -0.05) is 13.8 Å². The number of aliphatic carboxylic acids is 1. The maximum Gasteiger partial charge on any atom is 0.307 e. The third-order valence-corrected chi connectivity index (χ3v) is 4.45. The normalized spacial score (nSPS) is 36.5. The Morgan fingerprint density at radius 3 is 2.27 bits per heavy atom. The minimum absolute atomic E-state index is 0.0341. The summed E-state index contributed by atoms with van der Waals surface area (Å²) in [7, 11) is 2.14. The summed E-state index contributed by atoms with van der Waals surface area (Å²) in [5.41, 5.74) is 0.0341. The number of carboxylic acid groups (broad SMARTS) is 1. The van der Waals surface area contributed by atoms with Crippen molar-refractivity contribution in [3.05, 3.63) is 0 Å². The van der Waals surface area contributed by atoms with Gasteiger partial charge in [-0.3, -0.25) is 4.79 Å². The average Bonchev–Trinajstić information content (AvgIpc) is 2.70. The summed E-state index contributed by atoms with van der Waals surface area (Å²) >= 11 is 0. The predicted octanol–water partition coefficient (Wildman–Crippen LogP) is 1.68. The number of carbonyl (C=O) groups is 1. The van der Waals surface area contributed by atoms with Crippen LogP contribution in [0, 0.1) is 23.2 Å². The maximum atomic E-state index is 11.1. The standard InChI is InChI=1S/C12H21NO2/c1-12(2)9(10(12)11(14)15)8-4-6-13(3)7-5-8/h8-10H,4-7H2,1-3H3,(H,14,15). The van der Waals surface area contributed by atoms with E-state index in [1.807, 2.05) is 0 Å². The molecule has 0 aromatic rings. The van der Waals surface area contributed by atoms with Crippen LogP contribution in [-0.2, 0) is 4.79 Å². The van der Waals surface area contributed by atoms with Crippen LogP contribution in [0.4, 0.5) is 0 Å². The second-order valence-corrected chi connectivity index (χ2v) is 5.80. The monoisotopic (exact) mass is 211 g/mol. The fourth-order valence-corrected chi connectivity index (χ4v) is 3.42. The minimum atomic E-state index is -0.594. The first-order valence-corrected chi connectivity index (χ1v) is 5.86. The maximum absolute atomic E-state index is 11.1. The third-order valence-electron chi connectivity index (χ3n) is 4.45. The molecule has 2 atom stereocenters. The summed E-state index contributed by atoms with van der Waals surface area (Å²) in [4.78, 5) is 13.4. The minimum Gasteiger partial charge on any atom is -0.481 e. The molecule has 1 aliphatic heterocycles. The van der Waals surface area contributed by atoms with Crippen molar-refractivity contribution >= 4 is 5.97 Å². The Bertz CT molecular complexity index is 267. The molecule has 2 rings (SSSR count). The van der Waals surface area contributed by atoms with Gasteiger partial charge in [-0.05, 0) is 50.2 Å². The van der Waals surface area contributed by atoms with Crippen LogP contribution in [-0.4, -0.2) is 36.1 Å². The molecule has 0 bridgehead atoms. The Morgan fingerprint density at radius 1 is 1.33 bits per heavy atom. The topological polar surface area (TPSA) is 40.5 Å². The van der Waals surface area contributed by atoms with Crippen LogP contribution in [0.5, 0.6) is 0 Å². The van der Waals surface area contributed by atoms with Gasteiger partial charge in [0.15, 0.2) is 0 Å². The van der Waals surface area contributed by atoms with Crippen molar-refractivity contribution < 1.29 is 9.90 Å². The molecular weight excluding hydrogens is 190 g/mol. The molecule has 1 aliphatic carbocycles. The van der Waals surface area contributed by atoms with Crippen LogP contribution in [0.15, 0.2) is 0 Å². The molecule has 2 aliphatic rings. The highest BCUT2D eigenvalue weighted by molar-refractivity contribution is 5.75. The lowest BCUT2D eigenvalue weighted by Gasteiger charge is -2.29. The number of rotatable bonds is 2. The zero-order chi connectivity index (χ0) is 11.2. The first-order chi connectivity index (χ1) is 6.94. The second-order valence-electron chi connectivity index (χ2n) is 5.80. The van der Waals surface area contributed by atoms with Gasteiger partial charge in [-0.15, -0.1) is 0 Å². The van der Waals surface area contributed by atoms with Gasteiger partial charge in [-0.2, -0.15) is 0 Å². The summed E-state index contributed by atoms with van der Waals surface area (Å²) in [6, 6.07) is 0. The molecule has 0 radical (unpaired) electrons. The van der Waals surface area contributed by atoms with E-state index >= 15 is 0 Å². The Hall–Kier alpha value is -0.570. The van der Waals surface area contributed by atoms with E-state index in [0.29, 0.717) is 11.8 Å². The van der Waals surface area contributed by atoms with E-state index in [9.17, 15) is 4.79 Å². The smallest absolute Gasteiger partial charge is 0.307 e. The van der Waals surface area contributed by atoms with Crippen molar-refractivity contribution in [1.82, 2.24) is 4.90 Å². The molecule has 0 aromatic heterocycles. The summed E-state index contributed by atoms with van der Waals surface area (Å²) in [5.74, 6) is 0.371. The number of hydrogen-bond acceptors (Lipinski definition) is 2. The van der Waals surface area contributed by atoms with Crippen LogP contribution >= 0.6 is 0 Å². The van der Waals surface area contributed by atoms with Crippen molar-refractivity contribution in [2.24, 2.45) is 23.2 Å². The Labute approximate surface area is 91.5 Å². The number of piperidine rings is 1. The highest BCUT2D eigenvalue weighted by Crippen LogP contribution is 2.63. The third kappa shape index (κ3) is 1.78. The van der Waals surface area contributed by atoms with Gasteiger partial charge >= 0.3 is 5.97 Å². The number of hydrogen-bond donors (Lipinski definition) is 1. The van der Waals surface area contributed by atoms with Crippen LogP contribution < -0.4 is 0 Å². The van der Waals surface area contributed by atoms with E-state index in [2.05, 4.69) is 25.8 Å².